The summed E-state index contributed by atoms with van der Waals surface area (Å²) in [5.41, 5.74) is -0.523. The summed E-state index contributed by atoms with van der Waals surface area (Å²) >= 11 is 0. The molecule has 5 atom stereocenters. The van der Waals surface area contributed by atoms with Crippen LogP contribution in [0.1, 0.15) is 52.9 Å². The van der Waals surface area contributed by atoms with Crippen molar-refractivity contribution in [2.45, 2.75) is 58.5 Å². The van der Waals surface area contributed by atoms with Crippen molar-refractivity contribution in [3.8, 4) is 0 Å². The number of rotatable bonds is 4. The zero-order valence-corrected chi connectivity index (χ0v) is 19.2. The van der Waals surface area contributed by atoms with Crippen LogP contribution >= 0.6 is 0 Å². The van der Waals surface area contributed by atoms with Crippen molar-refractivity contribution in [1.29, 1.82) is 0 Å². The molecule has 31 heavy (non-hydrogen) atoms. The van der Waals surface area contributed by atoms with E-state index in [4.69, 9.17) is 9.47 Å². The third kappa shape index (κ3) is 3.35. The predicted molar refractivity (Wildman–Crippen MR) is 110 cm³/mol. The van der Waals surface area contributed by atoms with Gasteiger partial charge in [0.25, 0.3) is 0 Å². The van der Waals surface area contributed by atoms with Crippen LogP contribution in [0.15, 0.2) is 0 Å². The molecule has 4 aliphatic carbocycles. The van der Waals surface area contributed by atoms with Gasteiger partial charge in [-0.25, -0.2) is 8.42 Å². The number of esters is 3. The van der Waals surface area contributed by atoms with E-state index < -0.39 is 57.0 Å². The van der Waals surface area contributed by atoms with E-state index in [1.54, 1.807) is 13.8 Å². The molecule has 6 fully saturated rings. The first-order chi connectivity index (χ1) is 14.5. The Morgan fingerprint density at radius 1 is 1.03 bits per heavy atom. The van der Waals surface area contributed by atoms with Gasteiger partial charge >= 0.3 is 17.9 Å². The fourth-order valence-electron chi connectivity index (χ4n) is 7.73. The second kappa shape index (κ2) is 7.03. The molecule has 7 nitrogen and oxygen atoms in total. The van der Waals surface area contributed by atoms with Gasteiger partial charge in [0, 0.05) is 0 Å². The van der Waals surface area contributed by atoms with Gasteiger partial charge < -0.3 is 9.47 Å². The molecule has 0 aromatic heterocycles. The lowest BCUT2D eigenvalue weighted by Crippen LogP contribution is -2.58. The van der Waals surface area contributed by atoms with Crippen molar-refractivity contribution in [2.24, 2.45) is 53.3 Å². The number of ether oxygens (including phenoxy) is 2. The van der Waals surface area contributed by atoms with Crippen LogP contribution < -0.4 is 0 Å². The summed E-state index contributed by atoms with van der Waals surface area (Å²) in [5, 5.41) is 0. The topological polar surface area (TPSA) is 104 Å². The lowest BCUT2D eigenvalue weighted by Gasteiger charge is -2.59. The van der Waals surface area contributed by atoms with Gasteiger partial charge in [-0.2, -0.15) is 0 Å². The first-order valence-corrected chi connectivity index (χ1v) is 13.5. The van der Waals surface area contributed by atoms with Crippen molar-refractivity contribution in [3.63, 3.8) is 0 Å². The quantitative estimate of drug-likeness (QED) is 0.476. The number of carbonyl (C=O) groups is 3. The van der Waals surface area contributed by atoms with E-state index in [0.717, 1.165) is 37.5 Å². The molecule has 2 heterocycles. The highest BCUT2D eigenvalue weighted by atomic mass is 32.2. The molecule has 0 aromatic carbocycles. The molecule has 4 saturated carbocycles. The maximum Gasteiger partial charge on any atom is 0.318 e. The number of hydrogen-bond donors (Lipinski definition) is 0. The Bertz CT molecular complexity index is 894. The zero-order chi connectivity index (χ0) is 22.3. The Morgan fingerprint density at radius 3 is 2.13 bits per heavy atom. The van der Waals surface area contributed by atoms with E-state index in [1.165, 1.54) is 6.42 Å². The standard InChI is InChI=1S/C23H32O7S/c1-11-9-31(27,28)10-17(11)19-18(21(25)29-22(19)26)12(2)20(24)30-23(3)15-5-13-4-14(7-15)8-16(23)6-13/h11-19H,4-10H2,1-3H3. The predicted octanol–water partition coefficient (Wildman–Crippen LogP) is 2.38. The maximum atomic E-state index is 13.3. The van der Waals surface area contributed by atoms with Crippen LogP contribution in [0.4, 0.5) is 0 Å². The van der Waals surface area contributed by atoms with E-state index in [2.05, 4.69) is 0 Å². The normalized spacial score (nSPS) is 48.6. The molecule has 6 aliphatic rings. The highest BCUT2D eigenvalue weighted by Crippen LogP contribution is 2.59. The number of carbonyl (C=O) groups excluding carboxylic acids is 3. The largest absolute Gasteiger partial charge is 0.459 e. The molecular formula is C23H32O7S. The second-order valence-corrected chi connectivity index (χ2v) is 13.4. The summed E-state index contributed by atoms with van der Waals surface area (Å²) in [6, 6.07) is 0. The number of sulfone groups is 1. The summed E-state index contributed by atoms with van der Waals surface area (Å²) in [7, 11) is -3.27. The molecule has 0 spiro atoms. The van der Waals surface area contributed by atoms with E-state index in [9.17, 15) is 22.8 Å². The van der Waals surface area contributed by atoms with Crippen LogP contribution in [0, 0.1) is 53.3 Å². The summed E-state index contributed by atoms with van der Waals surface area (Å²) in [5.74, 6) is -3.39. The van der Waals surface area contributed by atoms with Gasteiger partial charge in [0.15, 0.2) is 9.84 Å². The average Bonchev–Trinajstić information content (AvgIpc) is 3.11. The van der Waals surface area contributed by atoms with E-state index >= 15 is 0 Å². The van der Waals surface area contributed by atoms with Gasteiger partial charge in [-0.15, -0.1) is 0 Å². The maximum absolute atomic E-state index is 13.3. The van der Waals surface area contributed by atoms with Crippen LogP contribution in [-0.4, -0.2) is 43.4 Å². The highest BCUT2D eigenvalue weighted by molar-refractivity contribution is 7.91. The highest BCUT2D eigenvalue weighted by Gasteiger charge is 2.60. The Labute approximate surface area is 183 Å². The Balaban J connectivity index is 1.36. The van der Waals surface area contributed by atoms with Crippen molar-refractivity contribution in [2.75, 3.05) is 11.5 Å². The molecule has 0 radical (unpaired) electrons. The van der Waals surface area contributed by atoms with E-state index in [1.807, 2.05) is 6.92 Å². The molecule has 2 saturated heterocycles. The summed E-state index contributed by atoms with van der Waals surface area (Å²) < 4.78 is 35.3. The molecule has 0 aromatic rings. The first-order valence-electron chi connectivity index (χ1n) is 11.7. The second-order valence-electron chi connectivity index (χ2n) is 11.2. The average molecular weight is 453 g/mol. The number of hydrogen-bond acceptors (Lipinski definition) is 7. The summed E-state index contributed by atoms with van der Waals surface area (Å²) in [6.07, 6.45) is 5.67. The van der Waals surface area contributed by atoms with Crippen LogP contribution in [0.25, 0.3) is 0 Å². The van der Waals surface area contributed by atoms with Crippen LogP contribution in [-0.2, 0) is 33.7 Å². The molecule has 0 amide bonds. The lowest BCUT2D eigenvalue weighted by atomic mass is 9.50. The van der Waals surface area contributed by atoms with Gasteiger partial charge in [0.1, 0.15) is 5.60 Å². The van der Waals surface area contributed by atoms with Crippen molar-refractivity contribution in [1.82, 2.24) is 0 Å². The molecule has 2 aliphatic heterocycles. The Morgan fingerprint density at radius 2 is 1.61 bits per heavy atom. The zero-order valence-electron chi connectivity index (χ0n) is 18.4. The fraction of sp³-hybridized carbons (Fsp3) is 0.870. The minimum atomic E-state index is -3.27. The molecule has 6 rings (SSSR count). The first kappa shape index (κ1) is 21.4. The molecule has 0 N–H and O–H groups in total. The minimum absolute atomic E-state index is 0.00898. The van der Waals surface area contributed by atoms with Crippen molar-refractivity contribution in [3.05, 3.63) is 0 Å². The third-order valence-electron chi connectivity index (χ3n) is 9.28. The molecular weight excluding hydrogens is 420 g/mol. The molecule has 172 valence electrons. The number of cyclic esters (lactones) is 2. The van der Waals surface area contributed by atoms with Crippen molar-refractivity contribution < 1.29 is 32.3 Å². The van der Waals surface area contributed by atoms with E-state index in [0.29, 0.717) is 11.8 Å². The molecule has 4 bridgehead atoms. The lowest BCUT2D eigenvalue weighted by molar-refractivity contribution is -0.208. The third-order valence-corrected chi connectivity index (χ3v) is 11.2. The SMILES string of the molecule is CC1CS(=O)(=O)CC1C1C(=O)OC(=O)C1C(C)C(=O)OC1(C)C2CC3CC(C2)CC1C3. The van der Waals surface area contributed by atoms with Gasteiger partial charge in [0.2, 0.25) is 0 Å². The molecule has 5 unspecified atom stereocenters. The molecule has 8 heteroatoms. The summed E-state index contributed by atoms with van der Waals surface area (Å²) in [6.45, 7) is 5.44. The Kier molecular flexibility index (Phi) is 4.85. The smallest absolute Gasteiger partial charge is 0.318 e. The fourth-order valence-corrected chi connectivity index (χ4v) is 10.0. The van der Waals surface area contributed by atoms with Crippen LogP contribution in [0.3, 0.4) is 0 Å². The van der Waals surface area contributed by atoms with Crippen LogP contribution in [0.2, 0.25) is 0 Å². The van der Waals surface area contributed by atoms with Gasteiger partial charge in [-0.05, 0) is 74.5 Å². The van der Waals surface area contributed by atoms with Gasteiger partial charge in [0.05, 0.1) is 29.3 Å². The van der Waals surface area contributed by atoms with Gasteiger partial charge in [-0.3, -0.25) is 14.4 Å². The van der Waals surface area contributed by atoms with Gasteiger partial charge in [-0.1, -0.05) is 13.8 Å². The Hall–Kier alpha value is -1.44. The van der Waals surface area contributed by atoms with E-state index in [-0.39, 0.29) is 17.4 Å². The van der Waals surface area contributed by atoms with Crippen molar-refractivity contribution >= 4 is 27.7 Å². The summed E-state index contributed by atoms with van der Waals surface area (Å²) in [4.78, 5) is 38.4. The minimum Gasteiger partial charge on any atom is -0.459 e. The monoisotopic (exact) mass is 452 g/mol. The van der Waals surface area contributed by atoms with Crippen LogP contribution in [0.5, 0.6) is 0 Å².